The average molecular weight is 274 g/mol. The highest BCUT2D eigenvalue weighted by molar-refractivity contribution is 5.94. The van der Waals surface area contributed by atoms with E-state index in [1.54, 1.807) is 24.3 Å². The van der Waals surface area contributed by atoms with Gasteiger partial charge < -0.3 is 15.8 Å². The predicted octanol–water partition coefficient (Wildman–Crippen LogP) is 2.22. The zero-order valence-electron chi connectivity index (χ0n) is 10.8. The van der Waals surface area contributed by atoms with Gasteiger partial charge in [0, 0.05) is 17.3 Å². The molecule has 4 nitrogen and oxygen atoms in total. The topological polar surface area (TPSA) is 64.3 Å². The van der Waals surface area contributed by atoms with Gasteiger partial charge in [-0.25, -0.2) is 4.39 Å². The van der Waals surface area contributed by atoms with E-state index in [0.717, 1.165) is 0 Å². The van der Waals surface area contributed by atoms with Crippen LogP contribution in [0.3, 0.4) is 0 Å². The third kappa shape index (κ3) is 3.98. The zero-order valence-corrected chi connectivity index (χ0v) is 10.8. The van der Waals surface area contributed by atoms with Crippen molar-refractivity contribution in [3.05, 3.63) is 59.9 Å². The molecule has 2 aromatic rings. The minimum atomic E-state index is -0.369. The number of nitrogen functional groups attached to an aromatic ring is 1. The van der Waals surface area contributed by atoms with Crippen LogP contribution in [-0.2, 0) is 0 Å². The van der Waals surface area contributed by atoms with Gasteiger partial charge in [-0.3, -0.25) is 4.79 Å². The van der Waals surface area contributed by atoms with E-state index in [1.165, 1.54) is 24.3 Å². The fraction of sp³-hybridized carbons (Fsp3) is 0.133. The second-order valence-electron chi connectivity index (χ2n) is 4.18. The zero-order chi connectivity index (χ0) is 14.4. The lowest BCUT2D eigenvalue weighted by Crippen LogP contribution is -2.28. The molecule has 0 saturated carbocycles. The molecule has 0 heterocycles. The molecule has 104 valence electrons. The lowest BCUT2D eigenvalue weighted by Gasteiger charge is -2.08. The first-order chi connectivity index (χ1) is 9.65. The summed E-state index contributed by atoms with van der Waals surface area (Å²) in [6.07, 6.45) is 0. The van der Waals surface area contributed by atoms with Gasteiger partial charge in [0.1, 0.15) is 18.2 Å². The molecular weight excluding hydrogens is 259 g/mol. The van der Waals surface area contributed by atoms with Crippen molar-refractivity contribution < 1.29 is 13.9 Å². The molecule has 3 N–H and O–H groups in total. The Hall–Kier alpha value is -2.56. The largest absolute Gasteiger partial charge is 0.492 e. The lowest BCUT2D eigenvalue weighted by atomic mass is 10.2. The van der Waals surface area contributed by atoms with Crippen molar-refractivity contribution in [1.82, 2.24) is 5.32 Å². The predicted molar refractivity (Wildman–Crippen MR) is 75.1 cm³/mol. The van der Waals surface area contributed by atoms with Gasteiger partial charge in [-0.05, 0) is 36.4 Å². The molecule has 0 atom stereocenters. The van der Waals surface area contributed by atoms with Crippen molar-refractivity contribution in [1.29, 1.82) is 0 Å². The highest BCUT2D eigenvalue weighted by atomic mass is 19.1. The molecular formula is C15H15FN2O2. The summed E-state index contributed by atoms with van der Waals surface area (Å²) in [7, 11) is 0. The van der Waals surface area contributed by atoms with Crippen LogP contribution in [0.1, 0.15) is 10.4 Å². The number of nitrogens with one attached hydrogen (secondary N) is 1. The summed E-state index contributed by atoms with van der Waals surface area (Å²) in [6.45, 7) is 0.682. The quantitative estimate of drug-likeness (QED) is 0.649. The summed E-state index contributed by atoms with van der Waals surface area (Å²) >= 11 is 0. The summed E-state index contributed by atoms with van der Waals surface area (Å²) in [5.41, 5.74) is 6.65. The number of ether oxygens (including phenoxy) is 1. The summed E-state index contributed by atoms with van der Waals surface area (Å²) in [6, 6.07) is 12.4. The van der Waals surface area contributed by atoms with Crippen LogP contribution in [0.15, 0.2) is 48.5 Å². The van der Waals surface area contributed by atoms with E-state index < -0.39 is 0 Å². The van der Waals surface area contributed by atoms with E-state index in [1.807, 2.05) is 0 Å². The van der Waals surface area contributed by atoms with Crippen molar-refractivity contribution in [2.24, 2.45) is 0 Å². The highest BCUT2D eigenvalue weighted by Gasteiger charge is 2.04. The Bertz CT molecular complexity index is 585. The normalized spacial score (nSPS) is 10.1. The highest BCUT2D eigenvalue weighted by Crippen LogP contribution is 2.13. The van der Waals surface area contributed by atoms with Crippen LogP contribution in [0.5, 0.6) is 5.75 Å². The number of carbonyl (C=O) groups excluding carboxylic acids is 1. The van der Waals surface area contributed by atoms with Gasteiger partial charge in [0.25, 0.3) is 5.91 Å². The molecule has 0 saturated heterocycles. The maximum absolute atomic E-state index is 12.7. The molecule has 1 amide bonds. The van der Waals surface area contributed by atoms with Crippen LogP contribution in [0.2, 0.25) is 0 Å². The van der Waals surface area contributed by atoms with Crippen molar-refractivity contribution >= 4 is 11.6 Å². The first kappa shape index (κ1) is 13.9. The van der Waals surface area contributed by atoms with Gasteiger partial charge in [0.2, 0.25) is 0 Å². The molecule has 0 fully saturated rings. The van der Waals surface area contributed by atoms with Crippen LogP contribution in [0, 0.1) is 5.82 Å². The maximum atomic E-state index is 12.7. The summed E-state index contributed by atoms with van der Waals surface area (Å²) in [4.78, 5) is 11.7. The molecule has 2 aromatic carbocycles. The van der Waals surface area contributed by atoms with Crippen molar-refractivity contribution in [3.8, 4) is 5.75 Å². The minimum absolute atomic E-state index is 0.263. The molecule has 20 heavy (non-hydrogen) atoms. The number of hydrogen-bond acceptors (Lipinski definition) is 3. The number of carbonyl (C=O) groups is 1. The summed E-state index contributed by atoms with van der Waals surface area (Å²) in [5.74, 6) is 0.0220. The van der Waals surface area contributed by atoms with Crippen LogP contribution in [0.25, 0.3) is 0 Å². The van der Waals surface area contributed by atoms with E-state index in [-0.39, 0.29) is 11.7 Å². The number of nitrogens with two attached hydrogens (primary N) is 1. The van der Waals surface area contributed by atoms with Gasteiger partial charge in [-0.2, -0.15) is 0 Å². The van der Waals surface area contributed by atoms with Gasteiger partial charge in [-0.1, -0.05) is 6.07 Å². The Morgan fingerprint density at radius 2 is 1.95 bits per heavy atom. The van der Waals surface area contributed by atoms with Crippen LogP contribution >= 0.6 is 0 Å². The minimum Gasteiger partial charge on any atom is -0.492 e. The number of rotatable bonds is 5. The van der Waals surface area contributed by atoms with E-state index in [0.29, 0.717) is 30.2 Å². The Labute approximate surface area is 116 Å². The van der Waals surface area contributed by atoms with E-state index in [2.05, 4.69) is 5.32 Å². The number of amides is 1. The third-order valence-corrected chi connectivity index (χ3v) is 2.62. The first-order valence-corrected chi connectivity index (χ1v) is 6.17. The van der Waals surface area contributed by atoms with Gasteiger partial charge in [-0.15, -0.1) is 0 Å². The standard InChI is InChI=1S/C15H15FN2O2/c16-12-6-4-11(5-7-12)15(19)18-8-9-20-14-3-1-2-13(17)10-14/h1-7,10H,8-9,17H2,(H,18,19). The smallest absolute Gasteiger partial charge is 0.251 e. The van der Waals surface area contributed by atoms with Gasteiger partial charge in [0.15, 0.2) is 0 Å². The second kappa shape index (κ2) is 6.56. The summed E-state index contributed by atoms with van der Waals surface area (Å²) in [5, 5.41) is 2.69. The fourth-order valence-corrected chi connectivity index (χ4v) is 1.64. The van der Waals surface area contributed by atoms with Crippen molar-refractivity contribution in [2.45, 2.75) is 0 Å². The monoisotopic (exact) mass is 274 g/mol. The van der Waals surface area contributed by atoms with E-state index in [4.69, 9.17) is 10.5 Å². The molecule has 0 unspecified atom stereocenters. The molecule has 2 rings (SSSR count). The van der Waals surface area contributed by atoms with E-state index >= 15 is 0 Å². The van der Waals surface area contributed by atoms with Crippen LogP contribution < -0.4 is 15.8 Å². The maximum Gasteiger partial charge on any atom is 0.251 e. The average Bonchev–Trinajstić information content (AvgIpc) is 2.44. The van der Waals surface area contributed by atoms with Crippen molar-refractivity contribution in [3.63, 3.8) is 0 Å². The van der Waals surface area contributed by atoms with Gasteiger partial charge in [0.05, 0.1) is 6.54 Å². The third-order valence-electron chi connectivity index (χ3n) is 2.62. The van der Waals surface area contributed by atoms with Crippen LogP contribution in [0.4, 0.5) is 10.1 Å². The second-order valence-corrected chi connectivity index (χ2v) is 4.18. The Balaban J connectivity index is 1.76. The summed E-state index contributed by atoms with van der Waals surface area (Å²) < 4.78 is 18.2. The molecule has 5 heteroatoms. The molecule has 0 radical (unpaired) electrons. The Morgan fingerprint density at radius 3 is 2.65 bits per heavy atom. The Kier molecular flexibility index (Phi) is 4.55. The molecule has 0 aliphatic heterocycles. The number of anilines is 1. The first-order valence-electron chi connectivity index (χ1n) is 6.17. The SMILES string of the molecule is Nc1cccc(OCCNC(=O)c2ccc(F)cc2)c1. The molecule has 0 aliphatic rings. The fourth-order valence-electron chi connectivity index (χ4n) is 1.64. The Morgan fingerprint density at radius 1 is 1.20 bits per heavy atom. The molecule has 0 aromatic heterocycles. The molecule has 0 spiro atoms. The van der Waals surface area contributed by atoms with Crippen molar-refractivity contribution in [2.75, 3.05) is 18.9 Å². The van der Waals surface area contributed by atoms with Crippen LogP contribution in [-0.4, -0.2) is 19.1 Å². The number of benzene rings is 2. The number of halogens is 1. The number of hydrogen-bond donors (Lipinski definition) is 2. The lowest BCUT2D eigenvalue weighted by molar-refractivity contribution is 0.0947. The van der Waals surface area contributed by atoms with Gasteiger partial charge >= 0.3 is 0 Å². The van der Waals surface area contributed by atoms with E-state index in [9.17, 15) is 9.18 Å². The molecule has 0 aliphatic carbocycles. The molecule has 0 bridgehead atoms.